The molecule has 1 aromatic rings. The van der Waals surface area contributed by atoms with Gasteiger partial charge in [0, 0.05) is 5.82 Å². The van der Waals surface area contributed by atoms with Crippen LogP contribution in [0.2, 0.25) is 0 Å². The zero-order valence-electron chi connectivity index (χ0n) is 14.1. The monoisotopic (exact) mass is 322 g/mol. The van der Waals surface area contributed by atoms with Gasteiger partial charge in [-0.05, 0) is 51.5 Å². The van der Waals surface area contributed by atoms with Crippen molar-refractivity contribution in [3.05, 3.63) is 23.8 Å². The molecule has 23 heavy (non-hydrogen) atoms. The molecule has 126 valence electrons. The molecule has 2 N–H and O–H groups in total. The smallest absolute Gasteiger partial charge is 0.466 e. The van der Waals surface area contributed by atoms with Gasteiger partial charge in [-0.3, -0.25) is 4.79 Å². The molecule has 1 fully saturated rings. The summed E-state index contributed by atoms with van der Waals surface area (Å²) in [6, 6.07) is 4.16. The highest BCUT2D eigenvalue weighted by molar-refractivity contribution is 6.48. The van der Waals surface area contributed by atoms with Gasteiger partial charge in [0.1, 0.15) is 11.5 Å². The summed E-state index contributed by atoms with van der Waals surface area (Å²) < 4.78 is 16.7. The minimum absolute atomic E-state index is 0.0100. The standard InChI is InChI=1S/C16H23BO6/c1-15(2)16(3,4)23-17(22-15)12(9-14(20)21-5)11-8-10(18)6-7-13(11)19/h6-8,12,18-19H,9H2,1-5H3. The van der Waals surface area contributed by atoms with E-state index in [1.54, 1.807) is 0 Å². The summed E-state index contributed by atoms with van der Waals surface area (Å²) >= 11 is 0. The Labute approximate surface area is 136 Å². The molecule has 0 spiro atoms. The zero-order chi connectivity index (χ0) is 17.4. The first-order valence-corrected chi connectivity index (χ1v) is 7.52. The number of phenols is 2. The van der Waals surface area contributed by atoms with Gasteiger partial charge in [0.2, 0.25) is 0 Å². The first-order chi connectivity index (χ1) is 10.6. The van der Waals surface area contributed by atoms with Crippen molar-refractivity contribution in [2.45, 2.75) is 51.1 Å². The maximum atomic E-state index is 11.8. The lowest BCUT2D eigenvalue weighted by Gasteiger charge is -2.32. The molecular formula is C16H23BO6. The van der Waals surface area contributed by atoms with Crippen LogP contribution in [0.3, 0.4) is 0 Å². The third kappa shape index (κ3) is 3.45. The van der Waals surface area contributed by atoms with Gasteiger partial charge >= 0.3 is 13.1 Å². The molecule has 1 unspecified atom stereocenters. The summed E-state index contributed by atoms with van der Waals surface area (Å²) in [5, 5.41) is 19.9. The molecule has 1 saturated heterocycles. The second-order valence-electron chi connectivity index (χ2n) is 6.75. The van der Waals surface area contributed by atoms with Crippen molar-refractivity contribution >= 4 is 13.1 Å². The molecule has 7 heteroatoms. The summed E-state index contributed by atoms with van der Waals surface area (Å²) in [5.41, 5.74) is -0.759. The fourth-order valence-electron chi connectivity index (χ4n) is 2.51. The number of esters is 1. The third-order valence-corrected chi connectivity index (χ3v) is 4.62. The zero-order valence-corrected chi connectivity index (χ0v) is 14.1. The van der Waals surface area contributed by atoms with Crippen LogP contribution in [-0.4, -0.2) is 41.6 Å². The average Bonchev–Trinajstić information content (AvgIpc) is 2.67. The Balaban J connectivity index is 2.40. The van der Waals surface area contributed by atoms with Gasteiger partial charge in [0.15, 0.2) is 0 Å². The molecule has 0 saturated carbocycles. The first-order valence-electron chi connectivity index (χ1n) is 7.52. The van der Waals surface area contributed by atoms with Gasteiger partial charge in [0.05, 0.1) is 24.7 Å². The topological polar surface area (TPSA) is 85.2 Å². The highest BCUT2D eigenvalue weighted by Crippen LogP contribution is 2.43. The van der Waals surface area contributed by atoms with E-state index in [0.29, 0.717) is 5.56 Å². The molecule has 0 aromatic heterocycles. The minimum Gasteiger partial charge on any atom is -0.508 e. The maximum Gasteiger partial charge on any atom is 0.466 e. The van der Waals surface area contributed by atoms with Gasteiger partial charge in [-0.25, -0.2) is 0 Å². The second kappa shape index (κ2) is 6.05. The highest BCUT2D eigenvalue weighted by Gasteiger charge is 2.54. The SMILES string of the molecule is COC(=O)CC(B1OC(C)(C)C(C)(C)O1)c1cc(O)ccc1O. The first kappa shape index (κ1) is 17.6. The number of benzene rings is 1. The number of ether oxygens (including phenoxy) is 1. The Hall–Kier alpha value is -1.73. The number of methoxy groups -OCH3 is 1. The van der Waals surface area contributed by atoms with Crippen molar-refractivity contribution in [1.82, 2.24) is 0 Å². The molecule has 0 bridgehead atoms. The van der Waals surface area contributed by atoms with Crippen molar-refractivity contribution in [3.63, 3.8) is 0 Å². The maximum absolute atomic E-state index is 11.8. The molecule has 6 nitrogen and oxygen atoms in total. The molecule has 1 aromatic carbocycles. The summed E-state index contributed by atoms with van der Waals surface area (Å²) in [5.74, 6) is -1.10. The van der Waals surface area contributed by atoms with E-state index in [-0.39, 0.29) is 17.9 Å². The normalized spacial score (nSPS) is 20.3. The molecular weight excluding hydrogens is 299 g/mol. The van der Waals surface area contributed by atoms with Crippen LogP contribution in [0.15, 0.2) is 18.2 Å². The molecule has 1 heterocycles. The van der Waals surface area contributed by atoms with Gasteiger partial charge in [-0.15, -0.1) is 0 Å². The van der Waals surface area contributed by atoms with E-state index in [9.17, 15) is 15.0 Å². The Morgan fingerprint density at radius 3 is 2.30 bits per heavy atom. The van der Waals surface area contributed by atoms with Crippen LogP contribution in [0.25, 0.3) is 0 Å². The lowest BCUT2D eigenvalue weighted by atomic mass is 9.66. The van der Waals surface area contributed by atoms with Gasteiger partial charge < -0.3 is 24.3 Å². The van der Waals surface area contributed by atoms with E-state index in [0.717, 1.165) is 0 Å². The number of hydrogen-bond acceptors (Lipinski definition) is 6. The van der Waals surface area contributed by atoms with Gasteiger partial charge in [0.25, 0.3) is 0 Å². The predicted molar refractivity (Wildman–Crippen MR) is 85.2 cm³/mol. The van der Waals surface area contributed by atoms with Gasteiger partial charge in [-0.2, -0.15) is 0 Å². The summed E-state index contributed by atoms with van der Waals surface area (Å²) in [6.07, 6.45) is -0.0374. The fourth-order valence-corrected chi connectivity index (χ4v) is 2.51. The van der Waals surface area contributed by atoms with E-state index in [2.05, 4.69) is 0 Å². The number of carbonyl (C=O) groups excluding carboxylic acids is 1. The molecule has 1 atom stereocenters. The number of aromatic hydroxyl groups is 2. The second-order valence-corrected chi connectivity index (χ2v) is 6.75. The van der Waals surface area contributed by atoms with Crippen molar-refractivity contribution < 1.29 is 29.1 Å². The quantitative estimate of drug-likeness (QED) is 0.503. The summed E-state index contributed by atoms with van der Waals surface area (Å²) in [4.78, 5) is 11.8. The number of rotatable bonds is 4. The van der Waals surface area contributed by atoms with Crippen LogP contribution < -0.4 is 0 Å². The van der Waals surface area contributed by atoms with Crippen LogP contribution in [0.5, 0.6) is 11.5 Å². The van der Waals surface area contributed by atoms with Crippen LogP contribution in [-0.2, 0) is 18.8 Å². The lowest BCUT2D eigenvalue weighted by molar-refractivity contribution is -0.140. The largest absolute Gasteiger partial charge is 0.508 e. The molecule has 0 radical (unpaired) electrons. The highest BCUT2D eigenvalue weighted by atomic mass is 16.7. The van der Waals surface area contributed by atoms with Crippen LogP contribution in [0, 0.1) is 0 Å². The Morgan fingerprint density at radius 2 is 1.78 bits per heavy atom. The lowest BCUT2D eigenvalue weighted by Crippen LogP contribution is -2.41. The van der Waals surface area contributed by atoms with E-state index >= 15 is 0 Å². The average molecular weight is 322 g/mol. The van der Waals surface area contributed by atoms with E-state index in [4.69, 9.17) is 14.0 Å². The number of hydrogen-bond donors (Lipinski definition) is 2. The van der Waals surface area contributed by atoms with Crippen molar-refractivity contribution in [1.29, 1.82) is 0 Å². The van der Waals surface area contributed by atoms with Crippen LogP contribution in [0.4, 0.5) is 0 Å². The predicted octanol–water partition coefficient (Wildman–Crippen LogP) is 2.38. The van der Waals surface area contributed by atoms with E-state index in [1.807, 2.05) is 27.7 Å². The number of phenolic OH excluding ortho intramolecular Hbond substituents is 2. The Bertz CT molecular complexity index is 582. The van der Waals surface area contributed by atoms with Gasteiger partial charge in [-0.1, -0.05) is 0 Å². The minimum atomic E-state index is -0.744. The van der Waals surface area contributed by atoms with Crippen molar-refractivity contribution in [2.75, 3.05) is 7.11 Å². The number of carbonyl (C=O) groups is 1. The summed E-state index contributed by atoms with van der Waals surface area (Å²) in [7, 11) is 0.554. The van der Waals surface area contributed by atoms with Crippen LogP contribution >= 0.6 is 0 Å². The molecule has 0 aliphatic carbocycles. The Kier molecular flexibility index (Phi) is 4.64. The molecule has 0 amide bonds. The van der Waals surface area contributed by atoms with Crippen molar-refractivity contribution in [3.8, 4) is 11.5 Å². The van der Waals surface area contributed by atoms with Crippen LogP contribution in [0.1, 0.15) is 45.5 Å². The van der Waals surface area contributed by atoms with E-state index < -0.39 is 30.1 Å². The molecule has 1 aliphatic heterocycles. The third-order valence-electron chi connectivity index (χ3n) is 4.62. The molecule has 2 rings (SSSR count). The fraction of sp³-hybridized carbons (Fsp3) is 0.562. The molecule has 1 aliphatic rings. The summed E-state index contributed by atoms with van der Waals surface area (Å²) in [6.45, 7) is 7.63. The van der Waals surface area contributed by atoms with Crippen molar-refractivity contribution in [2.24, 2.45) is 0 Å². The Morgan fingerprint density at radius 1 is 1.22 bits per heavy atom. The van der Waals surface area contributed by atoms with E-state index in [1.165, 1.54) is 25.3 Å².